The summed E-state index contributed by atoms with van der Waals surface area (Å²) in [7, 11) is 0. The fourth-order valence-electron chi connectivity index (χ4n) is 2.41. The fraction of sp³-hybridized carbons (Fsp3) is 0.200. The number of nitro benzene ring substituents is 2. The highest BCUT2D eigenvalue weighted by atomic mass is 35.5. The lowest BCUT2D eigenvalue weighted by atomic mass is 10.2. The standard InChI is InChI=1S/C20H17Cl4N3O7/c21-15-11-14(32-9-6-19(23)24)12-16(22)20(15)33-8-3-1-2-7-25-34-18-5-4-13(26(28)29)10-17(18)27(30)31/h2,4-7,10-12,25H,1,3,8-9H2. The van der Waals surface area contributed by atoms with Gasteiger partial charge < -0.3 is 14.3 Å². The first kappa shape index (κ1) is 27.3. The first-order chi connectivity index (χ1) is 16.2. The smallest absolute Gasteiger partial charge is 0.321 e. The van der Waals surface area contributed by atoms with E-state index in [1.807, 2.05) is 0 Å². The zero-order valence-corrected chi connectivity index (χ0v) is 20.2. The van der Waals surface area contributed by atoms with E-state index in [0.717, 1.165) is 18.2 Å². The Bertz CT molecular complexity index is 1070. The number of hydrogen-bond acceptors (Lipinski definition) is 8. The van der Waals surface area contributed by atoms with Crippen LogP contribution in [0.2, 0.25) is 10.0 Å². The number of unbranched alkanes of at least 4 members (excludes halogenated alkanes) is 1. The fourth-order valence-corrected chi connectivity index (χ4v) is 3.11. The van der Waals surface area contributed by atoms with E-state index in [2.05, 4.69) is 5.48 Å². The molecule has 1 N–H and O–H groups in total. The third kappa shape index (κ3) is 8.79. The number of benzene rings is 2. The average Bonchev–Trinajstić information content (AvgIpc) is 2.76. The van der Waals surface area contributed by atoms with E-state index in [1.165, 1.54) is 12.3 Å². The summed E-state index contributed by atoms with van der Waals surface area (Å²) in [4.78, 5) is 25.4. The number of hydrogen-bond donors (Lipinski definition) is 1. The van der Waals surface area contributed by atoms with Crippen LogP contribution in [0.25, 0.3) is 0 Å². The Morgan fingerprint density at radius 2 is 1.74 bits per heavy atom. The summed E-state index contributed by atoms with van der Waals surface area (Å²) in [5.74, 6) is 0.579. The lowest BCUT2D eigenvalue weighted by Crippen LogP contribution is -2.11. The van der Waals surface area contributed by atoms with Gasteiger partial charge in [-0.2, -0.15) is 0 Å². The molecule has 182 valence electrons. The van der Waals surface area contributed by atoms with Crippen molar-refractivity contribution >= 4 is 57.8 Å². The van der Waals surface area contributed by atoms with Gasteiger partial charge in [0.2, 0.25) is 5.75 Å². The van der Waals surface area contributed by atoms with Crippen molar-refractivity contribution < 1.29 is 24.2 Å². The van der Waals surface area contributed by atoms with E-state index in [4.69, 9.17) is 60.7 Å². The quantitative estimate of drug-likeness (QED) is 0.164. The van der Waals surface area contributed by atoms with Crippen molar-refractivity contribution in [3.05, 3.63) is 83.4 Å². The zero-order chi connectivity index (χ0) is 25.1. The van der Waals surface area contributed by atoms with Gasteiger partial charge in [-0.1, -0.05) is 52.5 Å². The molecule has 0 aromatic heterocycles. The summed E-state index contributed by atoms with van der Waals surface area (Å²) in [6, 6.07) is 6.17. The second kappa shape index (κ2) is 13.7. The average molecular weight is 553 g/mol. The molecule has 2 aromatic rings. The van der Waals surface area contributed by atoms with Crippen molar-refractivity contribution in [1.29, 1.82) is 0 Å². The molecule has 0 spiro atoms. The molecule has 0 heterocycles. The number of non-ortho nitro benzene ring substituents is 1. The van der Waals surface area contributed by atoms with Gasteiger partial charge in [-0.25, -0.2) is 5.48 Å². The van der Waals surface area contributed by atoms with Gasteiger partial charge in [0.25, 0.3) is 5.69 Å². The maximum atomic E-state index is 11.1. The van der Waals surface area contributed by atoms with Gasteiger partial charge in [0, 0.05) is 24.4 Å². The Morgan fingerprint density at radius 1 is 1.03 bits per heavy atom. The molecular weight excluding hydrogens is 536 g/mol. The van der Waals surface area contributed by atoms with E-state index < -0.39 is 21.2 Å². The molecule has 2 rings (SSSR count). The molecule has 0 aliphatic rings. The highest BCUT2D eigenvalue weighted by Crippen LogP contribution is 2.37. The third-order valence-electron chi connectivity index (χ3n) is 3.93. The van der Waals surface area contributed by atoms with E-state index in [0.29, 0.717) is 30.9 Å². The summed E-state index contributed by atoms with van der Waals surface area (Å²) in [5, 5.41) is 22.4. The molecule has 2 aromatic carbocycles. The summed E-state index contributed by atoms with van der Waals surface area (Å²) >= 11 is 23.4. The number of nitrogens with one attached hydrogen (secondary N) is 1. The Hall–Kier alpha value is -2.92. The molecule has 0 saturated heterocycles. The molecule has 34 heavy (non-hydrogen) atoms. The number of nitro groups is 2. The maximum absolute atomic E-state index is 11.1. The highest BCUT2D eigenvalue weighted by Gasteiger charge is 2.20. The number of ether oxygens (including phenoxy) is 2. The number of halogens is 4. The molecule has 0 radical (unpaired) electrons. The SMILES string of the molecule is O=[N+]([O-])c1ccc(ONC=CCCCOc2c(Cl)cc(OCC=C(Cl)Cl)cc2Cl)c([N+](=O)[O-])c1. The van der Waals surface area contributed by atoms with Crippen LogP contribution in [0.3, 0.4) is 0 Å². The van der Waals surface area contributed by atoms with Gasteiger partial charge in [-0.05, 0) is 25.0 Å². The Morgan fingerprint density at radius 3 is 2.35 bits per heavy atom. The maximum Gasteiger partial charge on any atom is 0.321 e. The second-order valence-electron chi connectivity index (χ2n) is 6.30. The highest BCUT2D eigenvalue weighted by molar-refractivity contribution is 6.55. The number of allylic oxidation sites excluding steroid dienone is 1. The predicted molar refractivity (Wildman–Crippen MR) is 129 cm³/mol. The molecule has 0 amide bonds. The summed E-state index contributed by atoms with van der Waals surface area (Å²) in [6.07, 6.45) is 5.77. The molecular formula is C20H17Cl4N3O7. The van der Waals surface area contributed by atoms with Crippen LogP contribution in [0.15, 0.2) is 53.2 Å². The topological polar surface area (TPSA) is 126 Å². The van der Waals surface area contributed by atoms with Gasteiger partial charge in [0.1, 0.15) is 16.8 Å². The van der Waals surface area contributed by atoms with Crippen LogP contribution in [0, 0.1) is 20.2 Å². The number of rotatable bonds is 13. The van der Waals surface area contributed by atoms with Crippen LogP contribution in [0.5, 0.6) is 17.2 Å². The lowest BCUT2D eigenvalue weighted by Gasteiger charge is -2.12. The van der Waals surface area contributed by atoms with Gasteiger partial charge in [0.15, 0.2) is 5.75 Å². The molecule has 0 atom stereocenters. The predicted octanol–water partition coefficient (Wildman–Crippen LogP) is 6.76. The molecule has 14 heteroatoms. The zero-order valence-electron chi connectivity index (χ0n) is 17.2. The van der Waals surface area contributed by atoms with Crippen LogP contribution in [0.4, 0.5) is 11.4 Å². The van der Waals surface area contributed by atoms with Gasteiger partial charge >= 0.3 is 5.69 Å². The minimum atomic E-state index is -0.771. The van der Waals surface area contributed by atoms with Crippen LogP contribution >= 0.6 is 46.4 Å². The van der Waals surface area contributed by atoms with Crippen LogP contribution in [-0.2, 0) is 0 Å². The Balaban J connectivity index is 1.77. The number of nitrogens with zero attached hydrogens (tertiary/aromatic N) is 2. The van der Waals surface area contributed by atoms with Gasteiger partial charge in [-0.3, -0.25) is 20.2 Å². The Labute approximate surface area is 213 Å². The summed E-state index contributed by atoms with van der Waals surface area (Å²) in [6.45, 7) is 0.458. The van der Waals surface area contributed by atoms with Gasteiger partial charge in [0.05, 0.1) is 32.6 Å². The first-order valence-corrected chi connectivity index (χ1v) is 11.0. The van der Waals surface area contributed by atoms with Crippen molar-refractivity contribution in [2.45, 2.75) is 12.8 Å². The van der Waals surface area contributed by atoms with E-state index >= 15 is 0 Å². The van der Waals surface area contributed by atoms with Crippen molar-refractivity contribution in [3.63, 3.8) is 0 Å². The van der Waals surface area contributed by atoms with E-state index in [9.17, 15) is 20.2 Å². The Kier molecular flexibility index (Phi) is 11.0. The summed E-state index contributed by atoms with van der Waals surface area (Å²) in [5.41, 5.74) is 1.48. The molecule has 0 unspecified atom stereocenters. The monoisotopic (exact) mass is 551 g/mol. The molecule has 0 bridgehead atoms. The first-order valence-electron chi connectivity index (χ1n) is 9.45. The van der Waals surface area contributed by atoms with Crippen molar-refractivity contribution in [2.24, 2.45) is 0 Å². The minimum absolute atomic E-state index is 0.0839. The van der Waals surface area contributed by atoms with Crippen molar-refractivity contribution in [1.82, 2.24) is 5.48 Å². The summed E-state index contributed by atoms with van der Waals surface area (Å²) < 4.78 is 11.1. The molecule has 0 aliphatic heterocycles. The molecule has 0 fully saturated rings. The minimum Gasteiger partial charge on any atom is -0.490 e. The largest absolute Gasteiger partial charge is 0.490 e. The number of hydroxylamine groups is 1. The van der Waals surface area contributed by atoms with Crippen LogP contribution in [-0.4, -0.2) is 23.1 Å². The molecule has 0 aliphatic carbocycles. The molecule has 0 saturated carbocycles. The van der Waals surface area contributed by atoms with E-state index in [-0.39, 0.29) is 26.9 Å². The van der Waals surface area contributed by atoms with E-state index in [1.54, 1.807) is 18.2 Å². The van der Waals surface area contributed by atoms with Crippen LogP contribution in [0.1, 0.15) is 12.8 Å². The lowest BCUT2D eigenvalue weighted by molar-refractivity contribution is -0.394. The third-order valence-corrected chi connectivity index (χ3v) is 4.80. The molecule has 10 nitrogen and oxygen atoms in total. The normalized spacial score (nSPS) is 10.6. The second-order valence-corrected chi connectivity index (χ2v) is 8.12. The van der Waals surface area contributed by atoms with Crippen molar-refractivity contribution in [3.8, 4) is 17.2 Å². The van der Waals surface area contributed by atoms with Gasteiger partial charge in [-0.15, -0.1) is 0 Å². The van der Waals surface area contributed by atoms with Crippen molar-refractivity contribution in [2.75, 3.05) is 13.2 Å². The van der Waals surface area contributed by atoms with Crippen LogP contribution < -0.4 is 19.8 Å².